The van der Waals surface area contributed by atoms with Gasteiger partial charge in [-0.3, -0.25) is 0 Å². The van der Waals surface area contributed by atoms with E-state index in [0.29, 0.717) is 31.3 Å². The van der Waals surface area contributed by atoms with Crippen LogP contribution in [-0.2, 0) is 29.3 Å². The molecule has 4 aromatic rings. The minimum atomic E-state index is -3.57. The summed E-state index contributed by atoms with van der Waals surface area (Å²) < 4.78 is 41.0. The quantitative estimate of drug-likeness (QED) is 0.213. The lowest BCUT2D eigenvalue weighted by atomic mass is 9.98. The predicted octanol–water partition coefficient (Wildman–Crippen LogP) is 5.24. The lowest BCUT2D eigenvalue weighted by Crippen LogP contribution is -2.12. The van der Waals surface area contributed by atoms with Gasteiger partial charge in [0.2, 0.25) is 11.8 Å². The van der Waals surface area contributed by atoms with E-state index in [1.54, 1.807) is 26.5 Å². The van der Waals surface area contributed by atoms with Crippen LogP contribution in [0.25, 0.3) is 0 Å². The molecule has 0 amide bonds. The van der Waals surface area contributed by atoms with Gasteiger partial charge in [-0.25, -0.2) is 18.4 Å². The van der Waals surface area contributed by atoms with E-state index in [-0.39, 0.29) is 16.7 Å². The van der Waals surface area contributed by atoms with Gasteiger partial charge in [-0.1, -0.05) is 38.1 Å². The largest absolute Gasteiger partial charge is 0.497 e. The first-order valence-electron chi connectivity index (χ1n) is 13.5. The standard InChI is InChI=1S/C31H37N5O5S/c1-20(2)28-23(16-27(42(6,37)38)30(35-28)41-5)15-24-19-34-31(33-18-22-9-13-26(40-4)14-10-22)36-29(24)32-17-21-7-11-25(39-3)12-8-21/h7-14,16,19-20H,15,17-18H2,1-6H3,(H2,32,33,34,36). The molecule has 0 fully saturated rings. The Morgan fingerprint density at radius 2 is 1.36 bits per heavy atom. The number of benzene rings is 2. The van der Waals surface area contributed by atoms with Crippen molar-refractivity contribution >= 4 is 21.6 Å². The Hall–Kier alpha value is -4.38. The number of nitrogens with one attached hydrogen (secondary N) is 2. The van der Waals surface area contributed by atoms with Crippen LogP contribution in [0.15, 0.2) is 65.7 Å². The van der Waals surface area contributed by atoms with Crippen molar-refractivity contribution in [2.75, 3.05) is 38.2 Å². The van der Waals surface area contributed by atoms with E-state index < -0.39 is 9.84 Å². The van der Waals surface area contributed by atoms with Crippen LogP contribution in [0, 0.1) is 0 Å². The van der Waals surface area contributed by atoms with Gasteiger partial charge in [0.05, 0.1) is 27.0 Å². The minimum absolute atomic E-state index is 0.0320. The maximum Gasteiger partial charge on any atom is 0.232 e. The summed E-state index contributed by atoms with van der Waals surface area (Å²) in [5.74, 6) is 2.78. The topological polar surface area (TPSA) is 125 Å². The molecule has 0 aliphatic carbocycles. The first-order chi connectivity index (χ1) is 20.1. The number of hydrogen-bond acceptors (Lipinski definition) is 10. The Kier molecular flexibility index (Phi) is 9.84. The molecule has 0 aliphatic rings. The molecule has 222 valence electrons. The molecule has 0 saturated carbocycles. The Labute approximate surface area is 247 Å². The summed E-state index contributed by atoms with van der Waals surface area (Å²) in [5.41, 5.74) is 4.41. The number of pyridine rings is 1. The third kappa shape index (κ3) is 7.67. The fraction of sp³-hybridized carbons (Fsp3) is 0.323. The lowest BCUT2D eigenvalue weighted by Gasteiger charge is -2.18. The van der Waals surface area contributed by atoms with E-state index in [1.807, 2.05) is 62.4 Å². The average Bonchev–Trinajstić information content (AvgIpc) is 2.99. The van der Waals surface area contributed by atoms with E-state index in [4.69, 9.17) is 19.2 Å². The summed E-state index contributed by atoms with van der Waals surface area (Å²) in [7, 11) is 1.12. The molecule has 0 radical (unpaired) electrons. The second kappa shape index (κ2) is 13.5. The van der Waals surface area contributed by atoms with Crippen molar-refractivity contribution in [3.05, 3.63) is 88.7 Å². The van der Waals surface area contributed by atoms with Crippen LogP contribution in [0.1, 0.15) is 47.7 Å². The number of anilines is 2. The molecular formula is C31H37N5O5S. The van der Waals surface area contributed by atoms with Gasteiger partial charge in [0.25, 0.3) is 0 Å². The highest BCUT2D eigenvalue weighted by Gasteiger charge is 2.22. The van der Waals surface area contributed by atoms with E-state index in [2.05, 4.69) is 20.6 Å². The van der Waals surface area contributed by atoms with Crippen molar-refractivity contribution in [1.82, 2.24) is 15.0 Å². The van der Waals surface area contributed by atoms with Crippen LogP contribution in [-0.4, -0.2) is 51.0 Å². The van der Waals surface area contributed by atoms with Crippen LogP contribution >= 0.6 is 0 Å². The van der Waals surface area contributed by atoms with Gasteiger partial charge >= 0.3 is 0 Å². The van der Waals surface area contributed by atoms with Crippen molar-refractivity contribution in [2.24, 2.45) is 0 Å². The number of sulfone groups is 1. The fourth-order valence-corrected chi connectivity index (χ4v) is 5.22. The van der Waals surface area contributed by atoms with E-state index in [0.717, 1.165) is 45.7 Å². The smallest absolute Gasteiger partial charge is 0.232 e. The van der Waals surface area contributed by atoms with Gasteiger partial charge in [-0.15, -0.1) is 0 Å². The second-order valence-corrected chi connectivity index (χ2v) is 12.1. The summed E-state index contributed by atoms with van der Waals surface area (Å²) in [6.45, 7) is 5.06. The number of hydrogen-bond donors (Lipinski definition) is 2. The zero-order valence-electron chi connectivity index (χ0n) is 24.8. The normalized spacial score (nSPS) is 11.3. The van der Waals surface area contributed by atoms with Gasteiger partial charge in [-0.2, -0.15) is 4.98 Å². The zero-order chi connectivity index (χ0) is 30.3. The predicted molar refractivity (Wildman–Crippen MR) is 163 cm³/mol. The van der Waals surface area contributed by atoms with E-state index in [9.17, 15) is 8.42 Å². The summed E-state index contributed by atoms with van der Waals surface area (Å²) in [6, 6.07) is 17.2. The van der Waals surface area contributed by atoms with Gasteiger partial charge in [-0.05, 0) is 52.9 Å². The van der Waals surface area contributed by atoms with Crippen molar-refractivity contribution in [3.63, 3.8) is 0 Å². The third-order valence-electron chi connectivity index (χ3n) is 6.68. The Bertz CT molecular complexity index is 1610. The molecular weight excluding hydrogens is 554 g/mol. The Balaban J connectivity index is 1.67. The van der Waals surface area contributed by atoms with Gasteiger partial charge < -0.3 is 24.8 Å². The lowest BCUT2D eigenvalue weighted by molar-refractivity contribution is 0.382. The number of ether oxygens (including phenoxy) is 3. The molecule has 11 heteroatoms. The minimum Gasteiger partial charge on any atom is -0.497 e. The zero-order valence-corrected chi connectivity index (χ0v) is 25.6. The summed E-state index contributed by atoms with van der Waals surface area (Å²) in [6.07, 6.45) is 3.28. The molecule has 2 heterocycles. The molecule has 0 aliphatic heterocycles. The first kappa shape index (κ1) is 30.6. The SMILES string of the molecule is COc1ccc(CNc2ncc(Cc3cc(S(C)(=O)=O)c(OC)nc3C(C)C)c(NCc3ccc(OC)cc3)n2)cc1. The average molecular weight is 592 g/mol. The number of aromatic nitrogens is 3. The molecule has 0 unspecified atom stereocenters. The van der Waals surface area contributed by atoms with Gasteiger partial charge in [0, 0.05) is 37.5 Å². The van der Waals surface area contributed by atoms with Crippen molar-refractivity contribution < 1.29 is 22.6 Å². The Morgan fingerprint density at radius 3 is 1.86 bits per heavy atom. The highest BCUT2D eigenvalue weighted by molar-refractivity contribution is 7.90. The summed E-state index contributed by atoms with van der Waals surface area (Å²) in [4.78, 5) is 14.0. The van der Waals surface area contributed by atoms with Gasteiger partial charge in [0.15, 0.2) is 9.84 Å². The number of rotatable bonds is 13. The molecule has 0 bridgehead atoms. The maximum atomic E-state index is 12.6. The van der Waals surface area contributed by atoms with Crippen LogP contribution in [0.3, 0.4) is 0 Å². The summed E-state index contributed by atoms with van der Waals surface area (Å²) >= 11 is 0. The van der Waals surface area contributed by atoms with Gasteiger partial charge in [0.1, 0.15) is 22.2 Å². The highest BCUT2D eigenvalue weighted by atomic mass is 32.2. The number of nitrogens with zero attached hydrogens (tertiary/aromatic N) is 3. The van der Waals surface area contributed by atoms with Crippen molar-refractivity contribution in [2.45, 2.75) is 44.2 Å². The monoisotopic (exact) mass is 591 g/mol. The Morgan fingerprint density at radius 1 is 0.786 bits per heavy atom. The van der Waals surface area contributed by atoms with Crippen molar-refractivity contribution in [1.29, 1.82) is 0 Å². The molecule has 2 aromatic carbocycles. The molecule has 10 nitrogen and oxygen atoms in total. The summed E-state index contributed by atoms with van der Waals surface area (Å²) in [5, 5.41) is 6.73. The molecule has 0 atom stereocenters. The van der Waals surface area contributed by atoms with Crippen LogP contribution in [0.4, 0.5) is 11.8 Å². The number of methoxy groups -OCH3 is 3. The molecule has 42 heavy (non-hydrogen) atoms. The molecule has 4 rings (SSSR count). The van der Waals surface area contributed by atoms with E-state index >= 15 is 0 Å². The second-order valence-electron chi connectivity index (χ2n) is 10.1. The third-order valence-corrected chi connectivity index (χ3v) is 7.77. The molecule has 0 spiro atoms. The van der Waals surface area contributed by atoms with Crippen molar-refractivity contribution in [3.8, 4) is 17.4 Å². The molecule has 2 N–H and O–H groups in total. The fourth-order valence-electron chi connectivity index (χ4n) is 4.42. The first-order valence-corrected chi connectivity index (χ1v) is 15.4. The molecule has 2 aromatic heterocycles. The maximum absolute atomic E-state index is 12.6. The molecule has 0 saturated heterocycles. The highest BCUT2D eigenvalue weighted by Crippen LogP contribution is 2.31. The van der Waals surface area contributed by atoms with E-state index in [1.165, 1.54) is 7.11 Å². The van der Waals surface area contributed by atoms with Crippen LogP contribution < -0.4 is 24.8 Å². The van der Waals surface area contributed by atoms with Crippen LogP contribution in [0.5, 0.6) is 17.4 Å². The van der Waals surface area contributed by atoms with Crippen LogP contribution in [0.2, 0.25) is 0 Å².